The van der Waals surface area contributed by atoms with Gasteiger partial charge >= 0.3 is 6.61 Å². The summed E-state index contributed by atoms with van der Waals surface area (Å²) in [6.07, 6.45) is 0.909. The molecule has 3 N–H and O–H groups in total. The lowest BCUT2D eigenvalue weighted by atomic mass is 10.1. The van der Waals surface area contributed by atoms with Crippen molar-refractivity contribution in [3.05, 3.63) is 29.8 Å². The normalized spacial score (nSPS) is 12.3. The second kappa shape index (κ2) is 7.68. The van der Waals surface area contributed by atoms with Crippen LogP contribution in [0.2, 0.25) is 0 Å². The molecule has 106 valence electrons. The van der Waals surface area contributed by atoms with Gasteiger partial charge in [-0.05, 0) is 26.0 Å². The Morgan fingerprint density at radius 2 is 2.11 bits per heavy atom. The maximum Gasteiger partial charge on any atom is 0.387 e. The fourth-order valence-corrected chi connectivity index (χ4v) is 1.70. The molecular weight excluding hydrogens is 254 g/mol. The molecule has 0 heterocycles. The Bertz CT molecular complexity index is 413. The highest BCUT2D eigenvalue weighted by atomic mass is 19.3. The monoisotopic (exact) mass is 272 g/mol. The van der Waals surface area contributed by atoms with Gasteiger partial charge in [0, 0.05) is 12.0 Å². The first-order valence-electron chi connectivity index (χ1n) is 6.07. The lowest BCUT2D eigenvalue weighted by Gasteiger charge is -2.18. The Labute approximate surface area is 110 Å². The second-order valence-electron chi connectivity index (χ2n) is 4.10. The number of carbonyl (C=O) groups excluding carboxylic acids is 1. The summed E-state index contributed by atoms with van der Waals surface area (Å²) in [7, 11) is 0. The highest BCUT2D eigenvalue weighted by molar-refractivity contribution is 5.76. The van der Waals surface area contributed by atoms with Gasteiger partial charge in [0.05, 0.1) is 6.04 Å². The molecule has 0 saturated heterocycles. The summed E-state index contributed by atoms with van der Waals surface area (Å²) in [6.45, 7) is -0.734. The zero-order chi connectivity index (χ0) is 14.3. The van der Waals surface area contributed by atoms with Gasteiger partial charge in [0.15, 0.2) is 0 Å². The van der Waals surface area contributed by atoms with Crippen molar-refractivity contribution in [3.8, 4) is 5.75 Å². The molecule has 0 bridgehead atoms. The molecule has 1 amide bonds. The van der Waals surface area contributed by atoms with E-state index in [0.29, 0.717) is 24.9 Å². The van der Waals surface area contributed by atoms with Gasteiger partial charge in [-0.3, -0.25) is 4.79 Å². The molecule has 1 aromatic rings. The van der Waals surface area contributed by atoms with Crippen molar-refractivity contribution in [2.45, 2.75) is 32.4 Å². The fourth-order valence-electron chi connectivity index (χ4n) is 1.70. The smallest absolute Gasteiger partial charge is 0.387 e. The number of ether oxygens (including phenoxy) is 1. The largest absolute Gasteiger partial charge is 0.434 e. The molecule has 0 aliphatic carbocycles. The predicted octanol–water partition coefficient (Wildman–Crippen LogP) is 2.20. The zero-order valence-corrected chi connectivity index (χ0v) is 10.7. The van der Waals surface area contributed by atoms with E-state index in [4.69, 9.17) is 5.73 Å². The number of nitrogens with one attached hydrogen (secondary N) is 1. The van der Waals surface area contributed by atoms with Gasteiger partial charge in [0.25, 0.3) is 0 Å². The van der Waals surface area contributed by atoms with E-state index >= 15 is 0 Å². The molecular formula is C13H18F2N2O2. The van der Waals surface area contributed by atoms with E-state index < -0.39 is 12.7 Å². The van der Waals surface area contributed by atoms with Gasteiger partial charge in [-0.15, -0.1) is 0 Å². The molecule has 0 spiro atoms. The summed E-state index contributed by atoms with van der Waals surface area (Å²) in [4.78, 5) is 11.6. The molecule has 0 fully saturated rings. The number of benzene rings is 1. The number of para-hydroxylation sites is 1. The van der Waals surface area contributed by atoms with Crippen LogP contribution >= 0.6 is 0 Å². The highest BCUT2D eigenvalue weighted by Crippen LogP contribution is 2.26. The zero-order valence-electron chi connectivity index (χ0n) is 10.7. The van der Waals surface area contributed by atoms with Gasteiger partial charge in [-0.25, -0.2) is 0 Å². The summed E-state index contributed by atoms with van der Waals surface area (Å²) in [5.74, 6) is -0.0890. The van der Waals surface area contributed by atoms with E-state index in [2.05, 4.69) is 10.1 Å². The third kappa shape index (κ3) is 5.21. The number of halogens is 2. The number of carbonyl (C=O) groups is 1. The molecule has 0 aliphatic heterocycles. The molecule has 1 rings (SSSR count). The van der Waals surface area contributed by atoms with E-state index in [1.54, 1.807) is 25.1 Å². The summed E-state index contributed by atoms with van der Waals surface area (Å²) in [5, 5.41) is 2.73. The third-order valence-corrected chi connectivity index (χ3v) is 2.59. The average Bonchev–Trinajstić information content (AvgIpc) is 2.36. The van der Waals surface area contributed by atoms with Crippen LogP contribution < -0.4 is 15.8 Å². The Morgan fingerprint density at radius 1 is 1.42 bits per heavy atom. The van der Waals surface area contributed by atoms with E-state index in [0.717, 1.165) is 0 Å². The first-order chi connectivity index (χ1) is 9.04. The summed E-state index contributed by atoms with van der Waals surface area (Å²) in [6, 6.07) is 6.00. The van der Waals surface area contributed by atoms with Gasteiger partial charge < -0.3 is 15.8 Å². The van der Waals surface area contributed by atoms with Crippen LogP contribution in [0, 0.1) is 0 Å². The molecule has 4 nitrogen and oxygen atoms in total. The number of hydrogen-bond acceptors (Lipinski definition) is 3. The van der Waals surface area contributed by atoms with Crippen LogP contribution in [0.5, 0.6) is 5.75 Å². The Morgan fingerprint density at radius 3 is 2.74 bits per heavy atom. The van der Waals surface area contributed by atoms with Crippen molar-refractivity contribution in [2.24, 2.45) is 5.73 Å². The quantitative estimate of drug-likeness (QED) is 0.799. The van der Waals surface area contributed by atoms with Crippen molar-refractivity contribution in [2.75, 3.05) is 6.54 Å². The summed E-state index contributed by atoms with van der Waals surface area (Å²) < 4.78 is 29.0. The molecule has 1 atom stereocenters. The van der Waals surface area contributed by atoms with Crippen LogP contribution in [0.15, 0.2) is 24.3 Å². The van der Waals surface area contributed by atoms with E-state index in [-0.39, 0.29) is 11.7 Å². The Kier molecular flexibility index (Phi) is 6.21. The molecule has 1 aromatic carbocycles. The molecule has 0 aliphatic rings. The fraction of sp³-hybridized carbons (Fsp3) is 0.462. The Balaban J connectivity index is 2.70. The van der Waals surface area contributed by atoms with Gasteiger partial charge in [0.2, 0.25) is 5.91 Å². The molecule has 0 saturated carbocycles. The molecule has 0 aromatic heterocycles. The van der Waals surface area contributed by atoms with Gasteiger partial charge in [0.1, 0.15) is 5.75 Å². The second-order valence-corrected chi connectivity index (χ2v) is 4.10. The topological polar surface area (TPSA) is 64.4 Å². The van der Waals surface area contributed by atoms with Crippen LogP contribution in [-0.4, -0.2) is 19.1 Å². The maximum atomic E-state index is 12.3. The first kappa shape index (κ1) is 15.4. The van der Waals surface area contributed by atoms with Crippen molar-refractivity contribution >= 4 is 5.91 Å². The van der Waals surface area contributed by atoms with Crippen molar-refractivity contribution in [1.82, 2.24) is 5.32 Å². The third-order valence-electron chi connectivity index (χ3n) is 2.59. The highest BCUT2D eigenvalue weighted by Gasteiger charge is 2.15. The lowest BCUT2D eigenvalue weighted by molar-refractivity contribution is -0.121. The van der Waals surface area contributed by atoms with Crippen LogP contribution in [0.25, 0.3) is 0 Å². The summed E-state index contributed by atoms with van der Waals surface area (Å²) >= 11 is 0. The SMILES string of the molecule is CC(NC(=O)CCCN)c1ccccc1OC(F)F. The van der Waals surface area contributed by atoms with Crippen LogP contribution in [-0.2, 0) is 4.79 Å². The van der Waals surface area contributed by atoms with Gasteiger partial charge in [-0.1, -0.05) is 18.2 Å². The molecule has 6 heteroatoms. The number of rotatable bonds is 7. The average molecular weight is 272 g/mol. The van der Waals surface area contributed by atoms with Gasteiger partial charge in [-0.2, -0.15) is 8.78 Å². The minimum absolute atomic E-state index is 0.0733. The lowest BCUT2D eigenvalue weighted by Crippen LogP contribution is -2.27. The minimum Gasteiger partial charge on any atom is -0.434 e. The summed E-state index contributed by atoms with van der Waals surface area (Å²) in [5.41, 5.74) is 5.83. The van der Waals surface area contributed by atoms with Crippen molar-refractivity contribution in [3.63, 3.8) is 0 Å². The first-order valence-corrected chi connectivity index (χ1v) is 6.07. The van der Waals surface area contributed by atoms with E-state index in [9.17, 15) is 13.6 Å². The molecule has 1 unspecified atom stereocenters. The van der Waals surface area contributed by atoms with Crippen molar-refractivity contribution in [1.29, 1.82) is 0 Å². The number of alkyl halides is 2. The molecule has 0 radical (unpaired) electrons. The predicted molar refractivity (Wildman–Crippen MR) is 67.9 cm³/mol. The van der Waals surface area contributed by atoms with Crippen LogP contribution in [0.3, 0.4) is 0 Å². The maximum absolute atomic E-state index is 12.3. The van der Waals surface area contributed by atoms with E-state index in [1.165, 1.54) is 6.07 Å². The van der Waals surface area contributed by atoms with E-state index in [1.807, 2.05) is 0 Å². The van der Waals surface area contributed by atoms with Crippen LogP contribution in [0.4, 0.5) is 8.78 Å². The van der Waals surface area contributed by atoms with Crippen LogP contribution in [0.1, 0.15) is 31.4 Å². The molecule has 19 heavy (non-hydrogen) atoms. The van der Waals surface area contributed by atoms with Crippen molar-refractivity contribution < 1.29 is 18.3 Å². The standard InChI is InChI=1S/C13H18F2N2O2/c1-9(17-12(18)7-4-8-16)10-5-2-3-6-11(10)19-13(14)15/h2-3,5-6,9,13H,4,7-8,16H2,1H3,(H,17,18). The minimum atomic E-state index is -2.89. The number of nitrogens with two attached hydrogens (primary N) is 1. The number of hydrogen-bond donors (Lipinski definition) is 2. The number of amides is 1. The Hall–Kier alpha value is -1.69.